The molecule has 12 heteroatoms. The first-order chi connectivity index (χ1) is 15.4. The molecule has 0 aliphatic heterocycles. The normalized spacial score (nSPS) is 10.8. The molecule has 0 aliphatic rings. The van der Waals surface area contributed by atoms with Crippen LogP contribution in [-0.2, 0) is 36.8 Å². The summed E-state index contributed by atoms with van der Waals surface area (Å²) in [4.78, 5) is 46.4. The van der Waals surface area contributed by atoms with Crippen LogP contribution < -0.4 is 16.7 Å². The van der Waals surface area contributed by atoms with E-state index >= 15 is 0 Å². The standard InChI is InChI=1S/C20H24N6O6/c1-12(27)31-11-32-15(28)9-13-4-3-5-14(8-13)10-26-18-16(23-20(26)29)17(21)24-19(25-18)22-6-7-30-2/h3-5,8H,6-7,9-11H2,1-2H3,(H,23,29)(H3,21,22,24,25). The maximum atomic E-state index is 12.5. The lowest BCUT2D eigenvalue weighted by atomic mass is 10.1. The van der Waals surface area contributed by atoms with Crippen LogP contribution in [0.3, 0.4) is 0 Å². The molecule has 170 valence electrons. The maximum absolute atomic E-state index is 12.5. The van der Waals surface area contributed by atoms with Crippen molar-refractivity contribution in [2.24, 2.45) is 0 Å². The number of ether oxygens (including phenoxy) is 3. The summed E-state index contributed by atoms with van der Waals surface area (Å²) in [5.74, 6) is -0.649. The third kappa shape index (κ3) is 5.82. The molecular weight excluding hydrogens is 420 g/mol. The van der Waals surface area contributed by atoms with E-state index in [1.807, 2.05) is 6.07 Å². The van der Waals surface area contributed by atoms with E-state index < -0.39 is 18.7 Å². The molecule has 2 heterocycles. The van der Waals surface area contributed by atoms with E-state index in [1.54, 1.807) is 25.3 Å². The Balaban J connectivity index is 1.78. The van der Waals surface area contributed by atoms with Crippen LogP contribution in [0.5, 0.6) is 0 Å². The molecule has 0 saturated carbocycles. The van der Waals surface area contributed by atoms with E-state index in [1.165, 1.54) is 11.5 Å². The van der Waals surface area contributed by atoms with Gasteiger partial charge in [-0.15, -0.1) is 0 Å². The van der Waals surface area contributed by atoms with Crippen molar-refractivity contribution in [2.45, 2.75) is 19.9 Å². The van der Waals surface area contributed by atoms with Gasteiger partial charge in [0.15, 0.2) is 11.5 Å². The summed E-state index contributed by atoms with van der Waals surface area (Å²) in [6, 6.07) is 7.12. The van der Waals surface area contributed by atoms with Crippen LogP contribution in [0.1, 0.15) is 18.1 Å². The second-order valence-electron chi connectivity index (χ2n) is 6.83. The molecule has 12 nitrogen and oxygen atoms in total. The van der Waals surface area contributed by atoms with Crippen molar-refractivity contribution in [3.05, 3.63) is 45.9 Å². The van der Waals surface area contributed by atoms with Gasteiger partial charge in [0.25, 0.3) is 0 Å². The van der Waals surface area contributed by atoms with Crippen LogP contribution in [0.25, 0.3) is 11.2 Å². The van der Waals surface area contributed by atoms with Gasteiger partial charge in [-0.05, 0) is 11.1 Å². The van der Waals surface area contributed by atoms with Gasteiger partial charge in [0.05, 0.1) is 19.6 Å². The lowest BCUT2D eigenvalue weighted by Gasteiger charge is -2.09. The molecule has 0 unspecified atom stereocenters. The van der Waals surface area contributed by atoms with E-state index in [4.69, 9.17) is 15.2 Å². The summed E-state index contributed by atoms with van der Waals surface area (Å²) in [6.45, 7) is 1.92. The number of imidazole rings is 1. The number of aromatic amines is 1. The van der Waals surface area contributed by atoms with Gasteiger partial charge in [-0.1, -0.05) is 24.3 Å². The predicted molar refractivity (Wildman–Crippen MR) is 115 cm³/mol. The zero-order chi connectivity index (χ0) is 23.1. The number of carbonyl (C=O) groups excluding carboxylic acids is 2. The number of nitrogens with two attached hydrogens (primary N) is 1. The van der Waals surface area contributed by atoms with Gasteiger partial charge in [0, 0.05) is 20.6 Å². The van der Waals surface area contributed by atoms with E-state index in [2.05, 4.69) is 25.0 Å². The van der Waals surface area contributed by atoms with Crippen molar-refractivity contribution in [1.82, 2.24) is 19.5 Å². The molecule has 4 N–H and O–H groups in total. The largest absolute Gasteiger partial charge is 0.428 e. The molecule has 32 heavy (non-hydrogen) atoms. The van der Waals surface area contributed by atoms with Crippen molar-refractivity contribution >= 4 is 34.9 Å². The number of aromatic nitrogens is 4. The van der Waals surface area contributed by atoms with Crippen LogP contribution in [0.2, 0.25) is 0 Å². The fourth-order valence-electron chi connectivity index (χ4n) is 2.96. The summed E-state index contributed by atoms with van der Waals surface area (Å²) in [6.07, 6.45) is -0.0133. The Morgan fingerprint density at radius 2 is 2.00 bits per heavy atom. The number of nitrogens with zero attached hydrogens (tertiary/aromatic N) is 3. The summed E-state index contributed by atoms with van der Waals surface area (Å²) >= 11 is 0. The van der Waals surface area contributed by atoms with Gasteiger partial charge in [-0.25, -0.2) is 4.79 Å². The van der Waals surface area contributed by atoms with E-state index in [0.717, 1.165) is 5.56 Å². The molecule has 0 radical (unpaired) electrons. The Morgan fingerprint density at radius 3 is 2.75 bits per heavy atom. The van der Waals surface area contributed by atoms with Gasteiger partial charge in [-0.3, -0.25) is 14.2 Å². The maximum Gasteiger partial charge on any atom is 0.328 e. The average molecular weight is 444 g/mol. The minimum absolute atomic E-state index is 0.0133. The molecule has 2 aromatic heterocycles. The van der Waals surface area contributed by atoms with Crippen molar-refractivity contribution in [3.63, 3.8) is 0 Å². The molecule has 0 aliphatic carbocycles. The Kier molecular flexibility index (Phi) is 7.39. The highest BCUT2D eigenvalue weighted by Crippen LogP contribution is 2.18. The Morgan fingerprint density at radius 1 is 1.22 bits per heavy atom. The van der Waals surface area contributed by atoms with Crippen LogP contribution in [0.15, 0.2) is 29.1 Å². The summed E-state index contributed by atoms with van der Waals surface area (Å²) < 4.78 is 15.9. The number of hydrogen-bond acceptors (Lipinski definition) is 10. The molecule has 3 rings (SSSR count). The molecule has 0 spiro atoms. The Labute approximate surface area is 182 Å². The van der Waals surface area contributed by atoms with Crippen molar-refractivity contribution < 1.29 is 23.8 Å². The summed E-state index contributed by atoms with van der Waals surface area (Å²) in [5.41, 5.74) is 7.75. The number of benzene rings is 1. The number of anilines is 2. The third-order valence-corrected chi connectivity index (χ3v) is 4.40. The average Bonchev–Trinajstić information content (AvgIpc) is 3.04. The predicted octanol–water partition coefficient (Wildman–Crippen LogP) is 0.415. The zero-order valence-electron chi connectivity index (χ0n) is 17.7. The molecular formula is C20H24N6O6. The van der Waals surface area contributed by atoms with Crippen LogP contribution in [0.4, 0.5) is 11.8 Å². The number of hydrogen-bond donors (Lipinski definition) is 3. The SMILES string of the molecule is COCCNc1nc(N)c2[nH]c(=O)n(Cc3cccc(CC(=O)OCOC(C)=O)c3)c2n1. The van der Waals surface area contributed by atoms with E-state index in [9.17, 15) is 14.4 Å². The second-order valence-corrected chi connectivity index (χ2v) is 6.83. The van der Waals surface area contributed by atoms with Gasteiger partial charge in [-0.2, -0.15) is 9.97 Å². The summed E-state index contributed by atoms with van der Waals surface area (Å²) in [5, 5.41) is 2.99. The van der Waals surface area contributed by atoms with Gasteiger partial charge < -0.3 is 30.2 Å². The molecule has 0 amide bonds. The highest BCUT2D eigenvalue weighted by molar-refractivity contribution is 5.83. The minimum Gasteiger partial charge on any atom is -0.428 e. The third-order valence-electron chi connectivity index (χ3n) is 4.40. The molecule has 0 saturated heterocycles. The van der Waals surface area contributed by atoms with Crippen LogP contribution >= 0.6 is 0 Å². The monoisotopic (exact) mass is 444 g/mol. The van der Waals surface area contributed by atoms with Gasteiger partial charge in [0.1, 0.15) is 5.52 Å². The number of carbonyl (C=O) groups is 2. The van der Waals surface area contributed by atoms with Crippen LogP contribution in [0, 0.1) is 0 Å². The second kappa shape index (κ2) is 10.4. The highest BCUT2D eigenvalue weighted by Gasteiger charge is 2.15. The number of rotatable bonds is 10. The number of H-pyrrole nitrogens is 1. The van der Waals surface area contributed by atoms with Gasteiger partial charge in [0.2, 0.25) is 12.7 Å². The lowest BCUT2D eigenvalue weighted by molar-refractivity contribution is -0.165. The highest BCUT2D eigenvalue weighted by atomic mass is 16.7. The topological polar surface area (TPSA) is 163 Å². The first-order valence-corrected chi connectivity index (χ1v) is 9.73. The Hall–Kier alpha value is -3.93. The molecule has 0 bridgehead atoms. The summed E-state index contributed by atoms with van der Waals surface area (Å²) in [7, 11) is 1.58. The quantitative estimate of drug-likeness (QED) is 0.227. The lowest BCUT2D eigenvalue weighted by Crippen LogP contribution is -2.18. The molecule has 1 aromatic carbocycles. The van der Waals surface area contributed by atoms with Crippen molar-refractivity contribution in [3.8, 4) is 0 Å². The first-order valence-electron chi connectivity index (χ1n) is 9.73. The number of methoxy groups -OCH3 is 1. The molecule has 0 fully saturated rings. The van der Waals surface area contributed by atoms with E-state index in [-0.39, 0.29) is 30.4 Å². The number of esters is 2. The van der Waals surface area contributed by atoms with Crippen LogP contribution in [-0.4, -0.2) is 58.5 Å². The molecule has 0 atom stereocenters. The fraction of sp³-hybridized carbons (Fsp3) is 0.350. The van der Waals surface area contributed by atoms with E-state index in [0.29, 0.717) is 29.9 Å². The minimum atomic E-state index is -0.542. The molecule has 3 aromatic rings. The number of nitrogens with one attached hydrogen (secondary N) is 2. The Bertz CT molecular complexity index is 1170. The van der Waals surface area contributed by atoms with Crippen molar-refractivity contribution in [1.29, 1.82) is 0 Å². The number of nitrogen functional groups attached to an aromatic ring is 1. The number of fused-ring (bicyclic) bond motifs is 1. The first kappa shape index (κ1) is 22.7. The fourth-order valence-corrected chi connectivity index (χ4v) is 2.96. The smallest absolute Gasteiger partial charge is 0.328 e. The zero-order valence-corrected chi connectivity index (χ0v) is 17.7. The van der Waals surface area contributed by atoms with Crippen molar-refractivity contribution in [2.75, 3.05) is 38.1 Å². The van der Waals surface area contributed by atoms with Gasteiger partial charge >= 0.3 is 17.6 Å².